The van der Waals surface area contributed by atoms with Crippen molar-refractivity contribution in [2.45, 2.75) is 33.6 Å². The van der Waals surface area contributed by atoms with Gasteiger partial charge in [0.2, 0.25) is 5.88 Å². The lowest BCUT2D eigenvalue weighted by molar-refractivity contribution is 0.280. The van der Waals surface area contributed by atoms with Crippen molar-refractivity contribution in [2.75, 3.05) is 18.5 Å². The van der Waals surface area contributed by atoms with Crippen LogP contribution in [0, 0.1) is 5.92 Å². The van der Waals surface area contributed by atoms with Gasteiger partial charge in [-0.25, -0.2) is 0 Å². The van der Waals surface area contributed by atoms with Crippen LogP contribution in [0.5, 0.6) is 5.88 Å². The van der Waals surface area contributed by atoms with Gasteiger partial charge in [0.15, 0.2) is 0 Å². The van der Waals surface area contributed by atoms with Crippen LogP contribution >= 0.6 is 23.2 Å². The van der Waals surface area contributed by atoms with E-state index in [4.69, 9.17) is 27.9 Å². The van der Waals surface area contributed by atoms with Crippen LogP contribution in [-0.4, -0.2) is 18.1 Å². The first-order valence-corrected chi connectivity index (χ1v) is 7.02. The largest absolute Gasteiger partial charge is 0.477 e. The van der Waals surface area contributed by atoms with E-state index in [1.165, 1.54) is 0 Å². The highest BCUT2D eigenvalue weighted by Gasteiger charge is 2.10. The third-order valence-corrected chi connectivity index (χ3v) is 2.93. The van der Waals surface area contributed by atoms with Crippen LogP contribution in [0.15, 0.2) is 6.07 Å². The highest BCUT2D eigenvalue weighted by atomic mass is 35.5. The lowest BCUT2D eigenvalue weighted by Crippen LogP contribution is -2.06. The zero-order chi connectivity index (χ0) is 13.5. The first-order chi connectivity index (χ1) is 8.54. The smallest absolute Gasteiger partial charge is 0.234 e. The van der Waals surface area contributed by atoms with Crippen LogP contribution in [0.3, 0.4) is 0 Å². The summed E-state index contributed by atoms with van der Waals surface area (Å²) in [7, 11) is 0. The SMILES string of the molecule is CCCNc1nc(OCCC(C)C)c(Cl)cc1Cl. The Labute approximate surface area is 119 Å². The van der Waals surface area contributed by atoms with Gasteiger partial charge in [0.25, 0.3) is 0 Å². The topological polar surface area (TPSA) is 34.2 Å². The molecule has 0 radical (unpaired) electrons. The van der Waals surface area contributed by atoms with Crippen LogP contribution in [0.2, 0.25) is 10.0 Å². The molecule has 0 atom stereocenters. The molecule has 5 heteroatoms. The third kappa shape index (κ3) is 4.91. The van der Waals surface area contributed by atoms with Crippen molar-refractivity contribution in [1.29, 1.82) is 0 Å². The second-order valence-corrected chi connectivity index (χ2v) is 5.38. The summed E-state index contributed by atoms with van der Waals surface area (Å²) in [4.78, 5) is 4.31. The summed E-state index contributed by atoms with van der Waals surface area (Å²) in [5.41, 5.74) is 0. The fourth-order valence-electron chi connectivity index (χ4n) is 1.31. The molecule has 102 valence electrons. The maximum atomic E-state index is 6.06. The summed E-state index contributed by atoms with van der Waals surface area (Å²) in [5.74, 6) is 1.66. The van der Waals surface area contributed by atoms with E-state index in [0.29, 0.717) is 34.3 Å². The maximum absolute atomic E-state index is 6.06. The molecule has 1 rings (SSSR count). The number of nitrogens with one attached hydrogen (secondary N) is 1. The maximum Gasteiger partial charge on any atom is 0.234 e. The van der Waals surface area contributed by atoms with E-state index in [2.05, 4.69) is 31.1 Å². The minimum Gasteiger partial charge on any atom is -0.477 e. The van der Waals surface area contributed by atoms with Gasteiger partial charge in [-0.15, -0.1) is 0 Å². The normalized spacial score (nSPS) is 10.8. The van der Waals surface area contributed by atoms with Crippen molar-refractivity contribution < 1.29 is 4.74 Å². The molecule has 0 aliphatic carbocycles. The molecule has 0 aliphatic heterocycles. The van der Waals surface area contributed by atoms with E-state index in [0.717, 1.165) is 19.4 Å². The summed E-state index contributed by atoms with van der Waals surface area (Å²) in [6.45, 7) is 7.80. The van der Waals surface area contributed by atoms with Gasteiger partial charge in [-0.1, -0.05) is 44.0 Å². The number of aromatic nitrogens is 1. The Balaban J connectivity index is 2.71. The average Bonchev–Trinajstić information content (AvgIpc) is 2.30. The Morgan fingerprint density at radius 1 is 1.33 bits per heavy atom. The van der Waals surface area contributed by atoms with E-state index >= 15 is 0 Å². The molecule has 0 amide bonds. The Kier molecular flexibility index (Phi) is 6.58. The molecular formula is C13H20Cl2N2O. The number of hydrogen-bond acceptors (Lipinski definition) is 3. The molecule has 0 fully saturated rings. The summed E-state index contributed by atoms with van der Waals surface area (Å²) >= 11 is 12.1. The number of pyridine rings is 1. The number of ether oxygens (including phenoxy) is 1. The Morgan fingerprint density at radius 2 is 2.06 bits per heavy atom. The lowest BCUT2D eigenvalue weighted by Gasteiger charge is -2.12. The molecule has 18 heavy (non-hydrogen) atoms. The Morgan fingerprint density at radius 3 is 2.67 bits per heavy atom. The van der Waals surface area contributed by atoms with Gasteiger partial charge in [0.1, 0.15) is 10.8 Å². The summed E-state index contributed by atoms with van der Waals surface area (Å²) in [5, 5.41) is 4.12. The average molecular weight is 291 g/mol. The lowest BCUT2D eigenvalue weighted by atomic mass is 10.1. The predicted molar refractivity (Wildman–Crippen MR) is 78.0 cm³/mol. The zero-order valence-electron chi connectivity index (χ0n) is 11.1. The molecule has 1 N–H and O–H groups in total. The minimum atomic E-state index is 0.445. The molecule has 0 aliphatic rings. The number of halogens is 2. The van der Waals surface area contributed by atoms with Gasteiger partial charge in [0, 0.05) is 6.54 Å². The van der Waals surface area contributed by atoms with Crippen LogP contribution in [0.4, 0.5) is 5.82 Å². The van der Waals surface area contributed by atoms with Gasteiger partial charge in [-0.2, -0.15) is 4.98 Å². The third-order valence-electron chi connectivity index (χ3n) is 2.37. The first kappa shape index (κ1) is 15.4. The van der Waals surface area contributed by atoms with E-state index < -0.39 is 0 Å². The standard InChI is InChI=1S/C13H20Cl2N2O/c1-4-6-16-12-10(14)8-11(15)13(17-12)18-7-5-9(2)3/h8-9H,4-7H2,1-3H3,(H,16,17). The summed E-state index contributed by atoms with van der Waals surface area (Å²) < 4.78 is 5.58. The fraction of sp³-hybridized carbons (Fsp3) is 0.615. The Hall–Kier alpha value is -0.670. The Bertz CT molecular complexity index is 383. The number of anilines is 1. The van der Waals surface area contributed by atoms with Crippen molar-refractivity contribution in [3.63, 3.8) is 0 Å². The first-order valence-electron chi connectivity index (χ1n) is 6.27. The number of nitrogens with zero attached hydrogens (tertiary/aromatic N) is 1. The molecule has 3 nitrogen and oxygen atoms in total. The van der Waals surface area contributed by atoms with E-state index in [9.17, 15) is 0 Å². The van der Waals surface area contributed by atoms with Crippen molar-refractivity contribution in [3.05, 3.63) is 16.1 Å². The molecule has 0 saturated carbocycles. The van der Waals surface area contributed by atoms with Crippen molar-refractivity contribution in [3.8, 4) is 5.88 Å². The quantitative estimate of drug-likeness (QED) is 0.795. The van der Waals surface area contributed by atoms with Crippen molar-refractivity contribution >= 4 is 29.0 Å². The second kappa shape index (κ2) is 7.70. The van der Waals surface area contributed by atoms with Gasteiger partial charge in [0.05, 0.1) is 11.6 Å². The molecular weight excluding hydrogens is 271 g/mol. The van der Waals surface area contributed by atoms with Crippen molar-refractivity contribution in [2.24, 2.45) is 5.92 Å². The van der Waals surface area contributed by atoms with Crippen LogP contribution < -0.4 is 10.1 Å². The van der Waals surface area contributed by atoms with E-state index in [1.807, 2.05) is 0 Å². The van der Waals surface area contributed by atoms with Gasteiger partial charge < -0.3 is 10.1 Å². The second-order valence-electron chi connectivity index (χ2n) is 4.56. The summed E-state index contributed by atoms with van der Waals surface area (Å²) in [6, 6.07) is 1.67. The molecule has 0 bridgehead atoms. The van der Waals surface area contributed by atoms with Gasteiger partial charge in [-0.3, -0.25) is 0 Å². The van der Waals surface area contributed by atoms with E-state index in [1.54, 1.807) is 6.07 Å². The molecule has 0 spiro atoms. The number of rotatable bonds is 7. The monoisotopic (exact) mass is 290 g/mol. The molecule has 0 unspecified atom stereocenters. The number of hydrogen-bond donors (Lipinski definition) is 1. The van der Waals surface area contributed by atoms with Gasteiger partial charge >= 0.3 is 0 Å². The summed E-state index contributed by atoms with van der Waals surface area (Å²) in [6.07, 6.45) is 1.97. The molecule has 1 heterocycles. The predicted octanol–water partition coefficient (Wildman–Crippen LogP) is 4.64. The molecule has 1 aromatic heterocycles. The highest BCUT2D eigenvalue weighted by molar-refractivity contribution is 6.36. The highest BCUT2D eigenvalue weighted by Crippen LogP contribution is 2.30. The van der Waals surface area contributed by atoms with Crippen LogP contribution in [0.1, 0.15) is 33.6 Å². The van der Waals surface area contributed by atoms with Crippen LogP contribution in [0.25, 0.3) is 0 Å². The zero-order valence-corrected chi connectivity index (χ0v) is 12.6. The van der Waals surface area contributed by atoms with Crippen LogP contribution in [-0.2, 0) is 0 Å². The van der Waals surface area contributed by atoms with E-state index in [-0.39, 0.29) is 0 Å². The molecule has 0 saturated heterocycles. The molecule has 0 aromatic carbocycles. The minimum absolute atomic E-state index is 0.445. The van der Waals surface area contributed by atoms with Gasteiger partial charge in [-0.05, 0) is 24.8 Å². The van der Waals surface area contributed by atoms with Crippen molar-refractivity contribution in [1.82, 2.24) is 4.98 Å². The molecule has 1 aromatic rings. The fourth-order valence-corrected chi connectivity index (χ4v) is 1.79.